The summed E-state index contributed by atoms with van der Waals surface area (Å²) in [6.07, 6.45) is 2.85. The maximum absolute atomic E-state index is 12.2. The third-order valence-electron chi connectivity index (χ3n) is 3.68. The van der Waals surface area contributed by atoms with E-state index in [-0.39, 0.29) is 17.6 Å². The molecule has 0 aliphatic carbocycles. The number of hydrogen-bond acceptors (Lipinski definition) is 5. The van der Waals surface area contributed by atoms with Crippen LogP contribution in [0.1, 0.15) is 29.9 Å². The van der Waals surface area contributed by atoms with Gasteiger partial charge in [-0.05, 0) is 38.5 Å². The molecule has 0 aliphatic rings. The van der Waals surface area contributed by atoms with Gasteiger partial charge in [-0.15, -0.1) is 0 Å². The summed E-state index contributed by atoms with van der Waals surface area (Å²) in [5, 5.41) is 17.9. The van der Waals surface area contributed by atoms with Gasteiger partial charge < -0.3 is 9.30 Å². The number of carbonyl (C=O) groups is 1. The van der Waals surface area contributed by atoms with Crippen molar-refractivity contribution in [2.75, 3.05) is 19.0 Å². The number of anilines is 1. The minimum atomic E-state index is -0.538. The smallest absolute Gasteiger partial charge is 0.268 e. The Morgan fingerprint density at radius 3 is 2.92 bits per heavy atom. The molecule has 0 aromatic carbocycles. The molecule has 1 amide bonds. The Bertz CT molecular complexity index is 782. The highest BCUT2D eigenvalue weighted by molar-refractivity contribution is 6.09. The number of nitrogens with zero attached hydrogens (tertiary/aromatic N) is 4. The average molecular weight is 328 g/mol. The molecule has 2 aromatic heterocycles. The van der Waals surface area contributed by atoms with Crippen LogP contribution in [0.25, 0.3) is 6.08 Å². The lowest BCUT2D eigenvalue weighted by Crippen LogP contribution is -2.15. The zero-order valence-electron chi connectivity index (χ0n) is 14.1. The Labute approximate surface area is 140 Å². The molecule has 2 aromatic rings. The molecule has 24 heavy (non-hydrogen) atoms. The zero-order chi connectivity index (χ0) is 17.7. The summed E-state index contributed by atoms with van der Waals surface area (Å²) in [6.45, 7) is 6.57. The number of rotatable bonds is 6. The summed E-state index contributed by atoms with van der Waals surface area (Å²) in [4.78, 5) is 16.0. The summed E-state index contributed by atoms with van der Waals surface area (Å²) in [5.41, 5.74) is 2.82. The topological polar surface area (TPSA) is 109 Å². The van der Waals surface area contributed by atoms with E-state index >= 15 is 0 Å². The van der Waals surface area contributed by atoms with Crippen molar-refractivity contribution in [1.82, 2.24) is 19.7 Å². The van der Waals surface area contributed by atoms with Gasteiger partial charge in [0, 0.05) is 18.5 Å². The lowest BCUT2D eigenvalue weighted by molar-refractivity contribution is -0.112. The number of aryl methyl sites for hydroxylation is 1. The van der Waals surface area contributed by atoms with Crippen LogP contribution in [0.2, 0.25) is 0 Å². The van der Waals surface area contributed by atoms with E-state index in [1.165, 1.54) is 6.33 Å². The van der Waals surface area contributed by atoms with Crippen molar-refractivity contribution in [3.63, 3.8) is 0 Å². The minimum Gasteiger partial charge on any atom is -0.383 e. The average Bonchev–Trinajstić information content (AvgIpc) is 3.13. The second-order valence-corrected chi connectivity index (χ2v) is 5.46. The van der Waals surface area contributed by atoms with Crippen molar-refractivity contribution in [1.29, 1.82) is 5.26 Å². The molecule has 0 radical (unpaired) electrons. The summed E-state index contributed by atoms with van der Waals surface area (Å²) in [7, 11) is 1.66. The van der Waals surface area contributed by atoms with Gasteiger partial charge >= 0.3 is 0 Å². The standard InChI is InChI=1S/C16H20N6O2/c1-10-5-13(12(3)22(10)11(2)8-24-4)6-14(7-17)15(23)20-16-18-9-19-21-16/h5-6,9,11H,8H2,1-4H3,(H2,18,19,20,21,23)/b14-6-. The van der Waals surface area contributed by atoms with Crippen LogP contribution in [0.4, 0.5) is 5.95 Å². The largest absolute Gasteiger partial charge is 0.383 e. The van der Waals surface area contributed by atoms with Crippen molar-refractivity contribution in [2.24, 2.45) is 0 Å². The van der Waals surface area contributed by atoms with E-state index in [9.17, 15) is 10.1 Å². The molecular formula is C16H20N6O2. The van der Waals surface area contributed by atoms with Crippen molar-refractivity contribution in [2.45, 2.75) is 26.8 Å². The first-order valence-corrected chi connectivity index (χ1v) is 7.43. The van der Waals surface area contributed by atoms with Gasteiger partial charge in [0.2, 0.25) is 5.95 Å². The third kappa shape index (κ3) is 3.70. The molecule has 0 aliphatic heterocycles. The summed E-state index contributed by atoms with van der Waals surface area (Å²) < 4.78 is 7.33. The van der Waals surface area contributed by atoms with Gasteiger partial charge in [0.25, 0.3) is 5.91 Å². The fraction of sp³-hybridized carbons (Fsp3) is 0.375. The number of nitriles is 1. The maximum Gasteiger partial charge on any atom is 0.268 e. The van der Waals surface area contributed by atoms with Gasteiger partial charge in [0.1, 0.15) is 18.0 Å². The van der Waals surface area contributed by atoms with Crippen LogP contribution in [-0.4, -0.2) is 39.4 Å². The molecule has 0 spiro atoms. The number of carbonyl (C=O) groups excluding carboxylic acids is 1. The van der Waals surface area contributed by atoms with Gasteiger partial charge in [0.05, 0.1) is 12.6 Å². The molecule has 0 saturated heterocycles. The lowest BCUT2D eigenvalue weighted by Gasteiger charge is -2.17. The fourth-order valence-electron chi connectivity index (χ4n) is 2.69. The Hall–Kier alpha value is -2.92. The van der Waals surface area contributed by atoms with Crippen LogP contribution >= 0.6 is 0 Å². The van der Waals surface area contributed by atoms with Gasteiger partial charge in [-0.1, -0.05) is 0 Å². The first-order chi connectivity index (χ1) is 11.5. The highest BCUT2D eigenvalue weighted by Gasteiger charge is 2.16. The Morgan fingerprint density at radius 1 is 1.58 bits per heavy atom. The van der Waals surface area contributed by atoms with E-state index in [2.05, 4.69) is 32.0 Å². The third-order valence-corrected chi connectivity index (χ3v) is 3.68. The molecule has 0 fully saturated rings. The first-order valence-electron chi connectivity index (χ1n) is 7.43. The molecule has 8 nitrogen and oxygen atoms in total. The Morgan fingerprint density at radius 2 is 2.33 bits per heavy atom. The fourth-order valence-corrected chi connectivity index (χ4v) is 2.69. The molecule has 1 unspecified atom stereocenters. The number of aromatic amines is 1. The highest BCUT2D eigenvalue weighted by atomic mass is 16.5. The molecule has 126 valence electrons. The Kier molecular flexibility index (Phi) is 5.50. The molecule has 8 heteroatoms. The zero-order valence-corrected chi connectivity index (χ0v) is 14.1. The SMILES string of the molecule is COCC(C)n1c(C)cc(/C=C(/C#N)C(=O)Nc2ncn[nH]2)c1C. The van der Waals surface area contributed by atoms with Crippen molar-refractivity contribution in [3.05, 3.63) is 34.9 Å². The molecule has 0 saturated carbocycles. The van der Waals surface area contributed by atoms with Crippen molar-refractivity contribution in [3.8, 4) is 6.07 Å². The summed E-state index contributed by atoms with van der Waals surface area (Å²) in [5.74, 6) is -0.343. The summed E-state index contributed by atoms with van der Waals surface area (Å²) in [6, 6.07) is 4.03. The van der Waals surface area contributed by atoms with Gasteiger partial charge in [0.15, 0.2) is 0 Å². The normalized spacial score (nSPS) is 12.7. The van der Waals surface area contributed by atoms with Crippen LogP contribution in [0.3, 0.4) is 0 Å². The molecule has 1 atom stereocenters. The van der Waals surface area contributed by atoms with Crippen LogP contribution in [0.5, 0.6) is 0 Å². The molecule has 2 heterocycles. The predicted octanol–water partition coefficient (Wildman–Crippen LogP) is 1.98. The van der Waals surface area contributed by atoms with Gasteiger partial charge in [-0.2, -0.15) is 15.3 Å². The lowest BCUT2D eigenvalue weighted by atomic mass is 10.1. The number of nitrogens with one attached hydrogen (secondary N) is 2. The quantitative estimate of drug-likeness (QED) is 0.622. The number of methoxy groups -OCH3 is 1. The van der Waals surface area contributed by atoms with Gasteiger partial charge in [-0.25, -0.2) is 5.10 Å². The number of aromatic nitrogens is 4. The second-order valence-electron chi connectivity index (χ2n) is 5.46. The highest BCUT2D eigenvalue weighted by Crippen LogP contribution is 2.23. The number of H-pyrrole nitrogens is 1. The van der Waals surface area contributed by atoms with Crippen molar-refractivity contribution < 1.29 is 9.53 Å². The van der Waals surface area contributed by atoms with Crippen LogP contribution in [0.15, 0.2) is 18.0 Å². The van der Waals surface area contributed by atoms with E-state index in [0.29, 0.717) is 6.61 Å². The van der Waals surface area contributed by atoms with Crippen LogP contribution in [-0.2, 0) is 9.53 Å². The monoisotopic (exact) mass is 328 g/mol. The first kappa shape index (κ1) is 17.4. The number of amides is 1. The van der Waals surface area contributed by atoms with E-state index < -0.39 is 5.91 Å². The predicted molar refractivity (Wildman–Crippen MR) is 89.1 cm³/mol. The van der Waals surface area contributed by atoms with Crippen LogP contribution in [0, 0.1) is 25.2 Å². The number of ether oxygens (including phenoxy) is 1. The van der Waals surface area contributed by atoms with Crippen molar-refractivity contribution >= 4 is 17.9 Å². The van der Waals surface area contributed by atoms with E-state index in [4.69, 9.17) is 4.74 Å². The minimum absolute atomic E-state index is 0.00829. The second kappa shape index (κ2) is 7.57. The molecule has 2 N–H and O–H groups in total. The summed E-state index contributed by atoms with van der Waals surface area (Å²) >= 11 is 0. The van der Waals surface area contributed by atoms with E-state index in [1.807, 2.05) is 26.0 Å². The molecular weight excluding hydrogens is 308 g/mol. The molecule has 2 rings (SSSR count). The number of hydrogen-bond donors (Lipinski definition) is 2. The van der Waals surface area contributed by atoms with Crippen LogP contribution < -0.4 is 5.32 Å². The van der Waals surface area contributed by atoms with E-state index in [0.717, 1.165) is 17.0 Å². The van der Waals surface area contributed by atoms with E-state index in [1.54, 1.807) is 13.2 Å². The Balaban J connectivity index is 2.30. The molecule has 0 bridgehead atoms. The maximum atomic E-state index is 12.2. The van der Waals surface area contributed by atoms with Gasteiger partial charge in [-0.3, -0.25) is 10.1 Å².